The molecule has 0 saturated carbocycles. The number of methoxy groups -OCH3 is 1. The van der Waals surface area contributed by atoms with E-state index in [9.17, 15) is 4.79 Å². The molecule has 5 nitrogen and oxygen atoms in total. The number of carbonyl (C=O) groups excluding carboxylic acids is 1. The number of rotatable bonds is 3. The molecule has 20 heavy (non-hydrogen) atoms. The Kier molecular flexibility index (Phi) is 4.31. The Labute approximate surface area is 123 Å². The third-order valence-electron chi connectivity index (χ3n) is 3.65. The van der Waals surface area contributed by atoms with Crippen molar-refractivity contribution in [2.24, 2.45) is 0 Å². The number of hydrogen-bond donors (Lipinski definition) is 0. The van der Waals surface area contributed by atoms with Gasteiger partial charge in [0.05, 0.1) is 18.1 Å². The summed E-state index contributed by atoms with van der Waals surface area (Å²) in [4.78, 5) is 17.0. The maximum absolute atomic E-state index is 12.4. The van der Waals surface area contributed by atoms with E-state index in [2.05, 4.69) is 11.0 Å². The molecule has 0 atom stereocenters. The van der Waals surface area contributed by atoms with E-state index in [-0.39, 0.29) is 5.91 Å². The molecule has 1 amide bonds. The molecule has 1 aromatic rings. The van der Waals surface area contributed by atoms with Crippen LogP contribution in [0, 0.1) is 11.3 Å². The standard InChI is InChI=1S/C14H19N3O2S/c1-14(2,10-15)17-6-4-16(5-7-17)13(18)12-8-11(19-3)9-20-12/h8-9H,4-7H2,1-3H3. The van der Waals surface area contributed by atoms with Crippen LogP contribution in [-0.2, 0) is 0 Å². The van der Waals surface area contributed by atoms with Crippen molar-refractivity contribution in [3.63, 3.8) is 0 Å². The highest BCUT2D eigenvalue weighted by atomic mass is 32.1. The van der Waals surface area contributed by atoms with Crippen LogP contribution in [0.4, 0.5) is 0 Å². The van der Waals surface area contributed by atoms with Crippen molar-refractivity contribution in [1.82, 2.24) is 9.80 Å². The van der Waals surface area contributed by atoms with Crippen molar-refractivity contribution < 1.29 is 9.53 Å². The zero-order chi connectivity index (χ0) is 14.8. The maximum atomic E-state index is 12.4. The van der Waals surface area contributed by atoms with Gasteiger partial charge >= 0.3 is 0 Å². The van der Waals surface area contributed by atoms with Crippen molar-refractivity contribution in [1.29, 1.82) is 5.26 Å². The predicted octanol–water partition coefficient (Wildman–Crippen LogP) is 1.82. The molecule has 0 N–H and O–H groups in total. The molecule has 1 fully saturated rings. The Morgan fingerprint density at radius 3 is 2.55 bits per heavy atom. The first kappa shape index (κ1) is 14.8. The fourth-order valence-electron chi connectivity index (χ4n) is 2.23. The first-order chi connectivity index (χ1) is 9.47. The number of nitriles is 1. The number of piperazine rings is 1. The Morgan fingerprint density at radius 2 is 2.05 bits per heavy atom. The molecular weight excluding hydrogens is 274 g/mol. The minimum Gasteiger partial charge on any atom is -0.496 e. The van der Waals surface area contributed by atoms with Gasteiger partial charge in [-0.15, -0.1) is 11.3 Å². The molecule has 0 aliphatic carbocycles. The second kappa shape index (κ2) is 5.81. The Morgan fingerprint density at radius 1 is 1.40 bits per heavy atom. The summed E-state index contributed by atoms with van der Waals surface area (Å²) in [5.74, 6) is 0.773. The van der Waals surface area contributed by atoms with E-state index < -0.39 is 5.54 Å². The van der Waals surface area contributed by atoms with E-state index in [0.717, 1.165) is 18.8 Å². The first-order valence-electron chi connectivity index (χ1n) is 6.56. The predicted molar refractivity (Wildman–Crippen MR) is 78.0 cm³/mol. The zero-order valence-electron chi connectivity index (χ0n) is 12.0. The van der Waals surface area contributed by atoms with Gasteiger partial charge < -0.3 is 9.64 Å². The summed E-state index contributed by atoms with van der Waals surface area (Å²) in [6.45, 7) is 6.60. The van der Waals surface area contributed by atoms with Crippen LogP contribution in [-0.4, -0.2) is 54.5 Å². The number of thiophene rings is 1. The van der Waals surface area contributed by atoms with E-state index >= 15 is 0 Å². The topological polar surface area (TPSA) is 56.6 Å². The van der Waals surface area contributed by atoms with Crippen molar-refractivity contribution in [2.75, 3.05) is 33.3 Å². The van der Waals surface area contributed by atoms with Crippen LogP contribution in [0.5, 0.6) is 5.75 Å². The number of ether oxygens (including phenoxy) is 1. The maximum Gasteiger partial charge on any atom is 0.264 e. The molecule has 1 saturated heterocycles. The SMILES string of the molecule is COc1csc(C(=O)N2CCN(C(C)(C)C#N)CC2)c1. The van der Waals surface area contributed by atoms with Crippen LogP contribution in [0.25, 0.3) is 0 Å². The van der Waals surface area contributed by atoms with Crippen LogP contribution in [0.3, 0.4) is 0 Å². The number of carbonyl (C=O) groups is 1. The summed E-state index contributed by atoms with van der Waals surface area (Å²) in [6.07, 6.45) is 0. The summed E-state index contributed by atoms with van der Waals surface area (Å²) in [5, 5.41) is 11.0. The average Bonchev–Trinajstić information content (AvgIpc) is 2.95. The second-order valence-electron chi connectivity index (χ2n) is 5.30. The highest BCUT2D eigenvalue weighted by Gasteiger charge is 2.31. The van der Waals surface area contributed by atoms with Gasteiger partial charge in [0, 0.05) is 37.6 Å². The fourth-order valence-corrected chi connectivity index (χ4v) is 3.05. The summed E-state index contributed by atoms with van der Waals surface area (Å²) >= 11 is 1.40. The molecule has 1 aromatic heterocycles. The van der Waals surface area contributed by atoms with Gasteiger partial charge in [-0.2, -0.15) is 5.26 Å². The summed E-state index contributed by atoms with van der Waals surface area (Å²) in [7, 11) is 1.60. The quantitative estimate of drug-likeness (QED) is 0.853. The van der Waals surface area contributed by atoms with Gasteiger partial charge in [0.25, 0.3) is 5.91 Å². The molecule has 1 aliphatic rings. The molecule has 2 rings (SSSR count). The monoisotopic (exact) mass is 293 g/mol. The lowest BCUT2D eigenvalue weighted by molar-refractivity contribution is 0.0525. The van der Waals surface area contributed by atoms with Crippen LogP contribution in [0.2, 0.25) is 0 Å². The fraction of sp³-hybridized carbons (Fsp3) is 0.571. The van der Waals surface area contributed by atoms with Gasteiger partial charge in [0.1, 0.15) is 11.3 Å². The normalized spacial score (nSPS) is 16.8. The molecule has 0 aromatic carbocycles. The van der Waals surface area contributed by atoms with Crippen LogP contribution >= 0.6 is 11.3 Å². The molecule has 0 radical (unpaired) electrons. The van der Waals surface area contributed by atoms with E-state index in [1.54, 1.807) is 13.2 Å². The van der Waals surface area contributed by atoms with Crippen molar-refractivity contribution >= 4 is 17.2 Å². The number of hydrogen-bond acceptors (Lipinski definition) is 5. The lowest BCUT2D eigenvalue weighted by atomic mass is 10.0. The lowest BCUT2D eigenvalue weighted by Gasteiger charge is -2.40. The molecule has 0 bridgehead atoms. The Balaban J connectivity index is 1.97. The summed E-state index contributed by atoms with van der Waals surface area (Å²) < 4.78 is 5.10. The Hall–Kier alpha value is -1.58. The highest BCUT2D eigenvalue weighted by Crippen LogP contribution is 2.24. The van der Waals surface area contributed by atoms with Crippen molar-refractivity contribution in [3.8, 4) is 11.8 Å². The smallest absolute Gasteiger partial charge is 0.264 e. The van der Waals surface area contributed by atoms with Crippen LogP contribution in [0.1, 0.15) is 23.5 Å². The van der Waals surface area contributed by atoms with Gasteiger partial charge in [-0.05, 0) is 13.8 Å². The Bertz CT molecular complexity index is 525. The van der Waals surface area contributed by atoms with Crippen LogP contribution < -0.4 is 4.74 Å². The lowest BCUT2D eigenvalue weighted by Crippen LogP contribution is -2.55. The van der Waals surface area contributed by atoms with E-state index in [1.807, 2.05) is 24.1 Å². The van der Waals surface area contributed by atoms with Gasteiger partial charge in [-0.3, -0.25) is 9.69 Å². The molecule has 1 aliphatic heterocycles. The second-order valence-corrected chi connectivity index (χ2v) is 6.21. The molecular formula is C14H19N3O2S. The molecule has 0 spiro atoms. The number of nitrogens with zero attached hydrogens (tertiary/aromatic N) is 3. The molecule has 2 heterocycles. The first-order valence-corrected chi connectivity index (χ1v) is 7.44. The third kappa shape index (κ3) is 2.94. The van der Waals surface area contributed by atoms with E-state index in [0.29, 0.717) is 18.0 Å². The number of amides is 1. The van der Waals surface area contributed by atoms with E-state index in [1.165, 1.54) is 11.3 Å². The summed E-state index contributed by atoms with van der Waals surface area (Å²) in [5.41, 5.74) is -0.471. The minimum absolute atomic E-state index is 0.0488. The largest absolute Gasteiger partial charge is 0.496 e. The van der Waals surface area contributed by atoms with Gasteiger partial charge in [-0.1, -0.05) is 0 Å². The van der Waals surface area contributed by atoms with Gasteiger partial charge in [0.15, 0.2) is 0 Å². The van der Waals surface area contributed by atoms with Gasteiger partial charge in [-0.25, -0.2) is 0 Å². The zero-order valence-corrected chi connectivity index (χ0v) is 12.9. The highest BCUT2D eigenvalue weighted by molar-refractivity contribution is 7.12. The average molecular weight is 293 g/mol. The van der Waals surface area contributed by atoms with Crippen molar-refractivity contribution in [3.05, 3.63) is 16.3 Å². The van der Waals surface area contributed by atoms with Gasteiger partial charge in [0.2, 0.25) is 0 Å². The minimum atomic E-state index is -0.471. The molecule has 6 heteroatoms. The molecule has 108 valence electrons. The summed E-state index contributed by atoms with van der Waals surface area (Å²) in [6, 6.07) is 4.08. The van der Waals surface area contributed by atoms with Crippen LogP contribution in [0.15, 0.2) is 11.4 Å². The third-order valence-corrected chi connectivity index (χ3v) is 4.55. The van der Waals surface area contributed by atoms with E-state index in [4.69, 9.17) is 10.00 Å². The van der Waals surface area contributed by atoms with Crippen molar-refractivity contribution in [2.45, 2.75) is 19.4 Å². The molecule has 0 unspecified atom stereocenters.